The average molecular weight is 854 g/mol. The second kappa shape index (κ2) is 16.5. The second-order valence-corrected chi connectivity index (χ2v) is 17.4. The van der Waals surface area contributed by atoms with Crippen LogP contribution < -0.4 is 5.32 Å². The van der Waals surface area contributed by atoms with Crippen molar-refractivity contribution in [3.05, 3.63) is 119 Å². The fourth-order valence-corrected chi connectivity index (χ4v) is 10.2. The molecule has 1 heterocycles. The van der Waals surface area contributed by atoms with Crippen molar-refractivity contribution >= 4 is 35.6 Å². The third-order valence-corrected chi connectivity index (χ3v) is 13.5. The number of nitrogens with one attached hydrogen (secondary N) is 1. The van der Waals surface area contributed by atoms with Gasteiger partial charge in [-0.15, -0.1) is 0 Å². The molecule has 7 rings (SSSR count). The molecule has 3 aromatic rings. The van der Waals surface area contributed by atoms with Gasteiger partial charge in [-0.25, -0.2) is 9.59 Å². The van der Waals surface area contributed by atoms with Gasteiger partial charge < -0.3 is 44.3 Å². The smallest absolute Gasteiger partial charge is 0.338 e. The molecule has 3 fully saturated rings. The van der Waals surface area contributed by atoms with E-state index in [4.69, 9.17) is 23.7 Å². The van der Waals surface area contributed by atoms with Crippen molar-refractivity contribution in [1.29, 1.82) is 0 Å². The van der Waals surface area contributed by atoms with Gasteiger partial charge in [-0.3, -0.25) is 19.2 Å². The number of amides is 1. The van der Waals surface area contributed by atoms with Crippen molar-refractivity contribution in [2.45, 2.75) is 108 Å². The minimum atomic E-state index is -2.39. The highest BCUT2D eigenvalue weighted by Gasteiger charge is 2.78. The topological polar surface area (TPSA) is 221 Å². The zero-order valence-electron chi connectivity index (χ0n) is 35.2. The maximum atomic E-state index is 15.5. The highest BCUT2D eigenvalue weighted by atomic mass is 16.6. The van der Waals surface area contributed by atoms with Crippen molar-refractivity contribution in [2.24, 2.45) is 16.7 Å². The van der Waals surface area contributed by atoms with E-state index in [-0.39, 0.29) is 35.3 Å². The summed E-state index contributed by atoms with van der Waals surface area (Å²) in [5.74, 6) is -6.84. The zero-order valence-corrected chi connectivity index (χ0v) is 35.2. The number of hydrogen-bond donors (Lipinski definition) is 4. The summed E-state index contributed by atoms with van der Waals surface area (Å²) in [7, 11) is 0. The van der Waals surface area contributed by atoms with Crippen LogP contribution in [0.4, 0.5) is 0 Å². The number of aliphatic hydroxyl groups is 3. The molecule has 3 aliphatic carbocycles. The summed E-state index contributed by atoms with van der Waals surface area (Å²) in [6.45, 7) is 7.97. The molecule has 4 aliphatic rings. The molecular weight excluding hydrogens is 803 g/mol. The van der Waals surface area contributed by atoms with Gasteiger partial charge in [-0.05, 0) is 54.8 Å². The predicted octanol–water partition coefficient (Wildman–Crippen LogP) is 3.74. The van der Waals surface area contributed by atoms with Gasteiger partial charge in [0.15, 0.2) is 23.6 Å². The van der Waals surface area contributed by atoms with Gasteiger partial charge >= 0.3 is 23.9 Å². The first-order chi connectivity index (χ1) is 29.3. The molecule has 2 bridgehead atoms. The number of benzene rings is 3. The minimum Gasteiger partial charge on any atom is -0.456 e. The molecule has 15 heteroatoms. The fourth-order valence-electron chi connectivity index (χ4n) is 10.2. The SMILES string of the molecule is CC(=O)O[C@H]1C(=O)[C@@]2(C)C([C@@H](OC(=O)c3ccccc3)[C@]3(O)C[C@H](OC(=O)[C@H](O)[C@@H](NC(=O)c4ccccc4)c4ccccc4)C(C)=C1C3(C)C)[C@]1(OC(C)=O)CO[C@@H]1C[C@@H]2O. The Morgan fingerprint density at radius 3 is 1.95 bits per heavy atom. The normalized spacial score (nSPS) is 31.9. The molecule has 1 unspecified atom stereocenters. The van der Waals surface area contributed by atoms with Crippen molar-refractivity contribution in [3.8, 4) is 0 Å². The second-order valence-electron chi connectivity index (χ2n) is 17.4. The molecule has 0 radical (unpaired) electrons. The van der Waals surface area contributed by atoms with Crippen LogP contribution in [-0.2, 0) is 42.9 Å². The molecule has 3 aromatic carbocycles. The maximum absolute atomic E-state index is 15.5. The first kappa shape index (κ1) is 44.3. The van der Waals surface area contributed by atoms with Crippen molar-refractivity contribution in [3.63, 3.8) is 0 Å². The summed E-state index contributed by atoms with van der Waals surface area (Å²) < 4.78 is 30.3. The molecule has 2 saturated carbocycles. The van der Waals surface area contributed by atoms with Gasteiger partial charge in [0.25, 0.3) is 5.91 Å². The first-order valence-corrected chi connectivity index (χ1v) is 20.5. The van der Waals surface area contributed by atoms with Crippen molar-refractivity contribution in [1.82, 2.24) is 5.32 Å². The maximum Gasteiger partial charge on any atom is 0.338 e. The summed E-state index contributed by atoms with van der Waals surface area (Å²) in [5.41, 5.74) is -7.02. The Bertz CT molecular complexity index is 2280. The molecule has 1 aliphatic heterocycles. The highest BCUT2D eigenvalue weighted by Crippen LogP contribution is 2.64. The Hall–Kier alpha value is -5.74. The number of esters is 4. The van der Waals surface area contributed by atoms with Gasteiger partial charge in [-0.1, -0.05) is 80.6 Å². The number of ether oxygens (including phenoxy) is 5. The van der Waals surface area contributed by atoms with Gasteiger partial charge in [0, 0.05) is 37.7 Å². The van der Waals surface area contributed by atoms with Crippen LogP contribution in [0.1, 0.15) is 86.7 Å². The van der Waals surface area contributed by atoms with E-state index in [1.165, 1.54) is 26.0 Å². The molecule has 15 nitrogen and oxygen atoms in total. The first-order valence-electron chi connectivity index (χ1n) is 20.5. The van der Waals surface area contributed by atoms with Crippen LogP contribution in [-0.4, -0.2) is 105 Å². The van der Waals surface area contributed by atoms with E-state index >= 15 is 4.79 Å². The van der Waals surface area contributed by atoms with Crippen LogP contribution in [0.25, 0.3) is 0 Å². The number of carbonyl (C=O) groups is 6. The zero-order chi connectivity index (χ0) is 44.9. The highest BCUT2D eigenvalue weighted by molar-refractivity contribution is 5.96. The van der Waals surface area contributed by atoms with E-state index < -0.39 is 113 Å². The predicted molar refractivity (Wildman–Crippen MR) is 218 cm³/mol. The molecule has 328 valence electrons. The molecule has 1 amide bonds. The van der Waals surface area contributed by atoms with Gasteiger partial charge in [0.2, 0.25) is 0 Å². The van der Waals surface area contributed by atoms with E-state index in [0.29, 0.717) is 5.56 Å². The number of ketones is 1. The number of hydrogen-bond acceptors (Lipinski definition) is 14. The van der Waals surface area contributed by atoms with Crippen LogP contribution in [0.2, 0.25) is 0 Å². The Balaban J connectivity index is 1.39. The summed E-state index contributed by atoms with van der Waals surface area (Å²) in [5, 5.41) is 40.2. The van der Waals surface area contributed by atoms with Crippen LogP contribution in [0.5, 0.6) is 0 Å². The standard InChI is InChI=1S/C47H51NO14/c1-25-31(60-43(56)36(52)35(28-16-10-7-11-17-28)48-41(54)29-18-12-8-13-19-29)23-47(57)40(61-42(55)30-20-14-9-15-21-30)38-45(6,32(51)22-33-46(38,24-58-33)62-27(3)50)39(53)37(59-26(2)49)34(25)44(47,4)5/h7-21,31-33,35-38,40,51-52,57H,22-24H2,1-6H3,(H,48,54)/t31-,32-,33+,35-,36+,37+,38?,40+,45+,46-,47+/m0/s1. The van der Waals surface area contributed by atoms with E-state index in [1.807, 2.05) is 0 Å². The summed E-state index contributed by atoms with van der Waals surface area (Å²) in [4.78, 5) is 83.5. The molecule has 4 N–H and O–H groups in total. The quantitative estimate of drug-likeness (QED) is 0.130. The van der Waals surface area contributed by atoms with Crippen LogP contribution in [0, 0.1) is 16.7 Å². The van der Waals surface area contributed by atoms with Crippen molar-refractivity contribution in [2.75, 3.05) is 6.61 Å². The van der Waals surface area contributed by atoms with Gasteiger partial charge in [0.1, 0.15) is 23.9 Å². The molecule has 0 aromatic heterocycles. The van der Waals surface area contributed by atoms with E-state index in [1.54, 1.807) is 92.7 Å². The Kier molecular flexibility index (Phi) is 11.8. The lowest BCUT2D eigenvalue weighted by Crippen LogP contribution is -2.82. The third kappa shape index (κ3) is 7.29. The fraction of sp³-hybridized carbons (Fsp3) is 0.447. The molecule has 62 heavy (non-hydrogen) atoms. The van der Waals surface area contributed by atoms with E-state index in [2.05, 4.69) is 5.32 Å². The summed E-state index contributed by atoms with van der Waals surface area (Å²) in [6.07, 6.45) is -10.5. The number of rotatable bonds is 10. The Morgan fingerprint density at radius 2 is 1.40 bits per heavy atom. The number of Topliss-reactive ketones (excluding diaryl/α,β-unsaturated/α-hetero) is 1. The van der Waals surface area contributed by atoms with Crippen LogP contribution >= 0.6 is 0 Å². The lowest BCUT2D eigenvalue weighted by atomic mass is 9.44. The lowest BCUT2D eigenvalue weighted by Gasteiger charge is -2.67. The van der Waals surface area contributed by atoms with Crippen LogP contribution in [0.3, 0.4) is 0 Å². The summed E-state index contributed by atoms with van der Waals surface area (Å²) >= 11 is 0. The van der Waals surface area contributed by atoms with Crippen LogP contribution in [0.15, 0.2) is 102 Å². The monoisotopic (exact) mass is 853 g/mol. The molecule has 11 atom stereocenters. The van der Waals surface area contributed by atoms with Gasteiger partial charge in [-0.2, -0.15) is 0 Å². The Morgan fingerprint density at radius 1 is 0.823 bits per heavy atom. The van der Waals surface area contributed by atoms with E-state index in [9.17, 15) is 39.3 Å². The van der Waals surface area contributed by atoms with Gasteiger partial charge in [0.05, 0.1) is 35.6 Å². The molecule has 0 spiro atoms. The minimum absolute atomic E-state index is 0.00289. The number of carbonyl (C=O) groups excluding carboxylic acids is 6. The average Bonchev–Trinajstić information content (AvgIpc) is 3.24. The number of fused-ring (bicyclic) bond motifs is 5. The lowest BCUT2D eigenvalue weighted by molar-refractivity contribution is -0.346. The molecule has 1 saturated heterocycles. The third-order valence-electron chi connectivity index (χ3n) is 13.5. The summed E-state index contributed by atoms with van der Waals surface area (Å²) in [6, 6.07) is 22.9. The number of aliphatic hydroxyl groups excluding tert-OH is 2. The van der Waals surface area contributed by atoms with E-state index in [0.717, 1.165) is 13.8 Å². The molecular formula is C47H51NO14. The Labute approximate surface area is 358 Å². The largest absolute Gasteiger partial charge is 0.456 e. The van der Waals surface area contributed by atoms with Crippen molar-refractivity contribution < 1.29 is 67.8 Å².